The molecule has 0 bridgehead atoms. The first kappa shape index (κ1) is 13.2. The Morgan fingerprint density at radius 2 is 2.05 bits per heavy atom. The largest absolute Gasteiger partial charge is 0.393 e. The predicted molar refractivity (Wildman–Crippen MR) is 83.9 cm³/mol. The molecule has 1 aliphatic rings. The van der Waals surface area contributed by atoms with Crippen LogP contribution in [0.4, 0.5) is 5.95 Å². The molecule has 1 saturated carbocycles. The van der Waals surface area contributed by atoms with Gasteiger partial charge in [-0.15, -0.1) is 0 Å². The lowest BCUT2D eigenvalue weighted by atomic mass is 10.2. The molecule has 112 valence electrons. The van der Waals surface area contributed by atoms with Gasteiger partial charge in [-0.3, -0.25) is 4.57 Å². The molecular weight excluding hydrogens is 278 g/mol. The van der Waals surface area contributed by atoms with Crippen molar-refractivity contribution in [2.45, 2.75) is 31.4 Å². The van der Waals surface area contributed by atoms with Gasteiger partial charge in [-0.25, -0.2) is 9.97 Å². The smallest absolute Gasteiger partial charge is 0.224 e. The molecule has 2 atom stereocenters. The highest BCUT2D eigenvalue weighted by atomic mass is 16.3. The average Bonchev–Trinajstić information content (AvgIpc) is 3.14. The molecule has 0 aliphatic heterocycles. The van der Waals surface area contributed by atoms with E-state index in [-0.39, 0.29) is 12.1 Å². The van der Waals surface area contributed by atoms with Gasteiger partial charge in [0.25, 0.3) is 0 Å². The van der Waals surface area contributed by atoms with E-state index in [1.54, 1.807) is 12.5 Å². The number of hydrogen-bond acceptors (Lipinski definition) is 5. The fourth-order valence-corrected chi connectivity index (χ4v) is 2.97. The molecule has 6 nitrogen and oxygen atoms in total. The van der Waals surface area contributed by atoms with E-state index in [2.05, 4.69) is 20.3 Å². The summed E-state index contributed by atoms with van der Waals surface area (Å²) in [6.07, 6.45) is 5.84. The summed E-state index contributed by atoms with van der Waals surface area (Å²) in [6.45, 7) is 0. The van der Waals surface area contributed by atoms with Gasteiger partial charge in [0.1, 0.15) is 12.1 Å². The molecule has 6 heteroatoms. The van der Waals surface area contributed by atoms with Crippen LogP contribution in [0.15, 0.2) is 42.9 Å². The summed E-state index contributed by atoms with van der Waals surface area (Å²) in [6, 6.07) is 10.1. The number of benzene rings is 1. The van der Waals surface area contributed by atoms with E-state index in [4.69, 9.17) is 0 Å². The zero-order chi connectivity index (χ0) is 14.9. The van der Waals surface area contributed by atoms with E-state index < -0.39 is 0 Å². The maximum atomic E-state index is 9.61. The molecule has 22 heavy (non-hydrogen) atoms. The number of nitrogens with one attached hydrogen (secondary N) is 1. The van der Waals surface area contributed by atoms with E-state index >= 15 is 0 Å². The molecule has 1 fully saturated rings. The highest BCUT2D eigenvalue weighted by Gasteiger charge is 2.23. The van der Waals surface area contributed by atoms with Crippen molar-refractivity contribution in [3.63, 3.8) is 0 Å². The van der Waals surface area contributed by atoms with Crippen molar-refractivity contribution >= 4 is 17.0 Å². The quantitative estimate of drug-likeness (QED) is 0.774. The average molecular weight is 295 g/mol. The maximum absolute atomic E-state index is 9.61. The Hall–Kier alpha value is -2.47. The fourth-order valence-electron chi connectivity index (χ4n) is 2.97. The van der Waals surface area contributed by atoms with E-state index in [1.807, 2.05) is 34.9 Å². The molecular formula is C16H17N5O. The third kappa shape index (κ3) is 2.42. The highest BCUT2D eigenvalue weighted by molar-refractivity contribution is 5.76. The molecule has 0 amide bonds. The first-order chi connectivity index (χ1) is 10.8. The standard InChI is InChI=1S/C16H17N5O/c22-12-6-5-11(9-12)19-16-17-8-7-15(20-16)21-10-18-13-3-1-2-4-14(13)21/h1-4,7-8,10-12,22H,5-6,9H2,(H,17,19,20)/t11-,12-/m0/s1. The Labute approximate surface area is 127 Å². The molecule has 1 aromatic carbocycles. The topological polar surface area (TPSA) is 75.9 Å². The number of aromatic nitrogens is 4. The van der Waals surface area contributed by atoms with Gasteiger partial charge >= 0.3 is 0 Å². The first-order valence-corrected chi connectivity index (χ1v) is 7.50. The van der Waals surface area contributed by atoms with Crippen molar-refractivity contribution in [2.24, 2.45) is 0 Å². The van der Waals surface area contributed by atoms with E-state index in [0.29, 0.717) is 5.95 Å². The predicted octanol–water partition coefficient (Wildman–Crippen LogP) is 2.14. The van der Waals surface area contributed by atoms with E-state index in [0.717, 1.165) is 36.1 Å². The zero-order valence-corrected chi connectivity index (χ0v) is 12.1. The summed E-state index contributed by atoms with van der Waals surface area (Å²) in [7, 11) is 0. The summed E-state index contributed by atoms with van der Waals surface area (Å²) < 4.78 is 1.95. The summed E-state index contributed by atoms with van der Waals surface area (Å²) in [4.78, 5) is 13.2. The lowest BCUT2D eigenvalue weighted by molar-refractivity contribution is 0.182. The molecule has 2 aromatic heterocycles. The normalized spacial score (nSPS) is 21.3. The number of fused-ring (bicyclic) bond motifs is 1. The van der Waals surface area contributed by atoms with Crippen molar-refractivity contribution in [1.82, 2.24) is 19.5 Å². The minimum Gasteiger partial charge on any atom is -0.393 e. The molecule has 2 N–H and O–H groups in total. The molecule has 0 spiro atoms. The number of nitrogens with zero attached hydrogens (tertiary/aromatic N) is 4. The Morgan fingerprint density at radius 3 is 2.91 bits per heavy atom. The molecule has 0 radical (unpaired) electrons. The van der Waals surface area contributed by atoms with Crippen molar-refractivity contribution in [3.8, 4) is 5.82 Å². The monoisotopic (exact) mass is 295 g/mol. The van der Waals surface area contributed by atoms with Gasteiger partial charge in [-0.1, -0.05) is 12.1 Å². The second-order valence-electron chi connectivity index (χ2n) is 5.65. The van der Waals surface area contributed by atoms with Gasteiger partial charge in [0.2, 0.25) is 5.95 Å². The molecule has 1 aliphatic carbocycles. The third-order valence-electron chi connectivity index (χ3n) is 4.08. The fraction of sp³-hybridized carbons (Fsp3) is 0.312. The van der Waals surface area contributed by atoms with Gasteiger partial charge in [0.15, 0.2) is 0 Å². The lowest BCUT2D eigenvalue weighted by Gasteiger charge is -2.12. The van der Waals surface area contributed by atoms with Crippen molar-refractivity contribution in [2.75, 3.05) is 5.32 Å². The van der Waals surface area contributed by atoms with Crippen LogP contribution in [0.25, 0.3) is 16.9 Å². The number of para-hydroxylation sites is 2. The van der Waals surface area contributed by atoms with Crippen LogP contribution < -0.4 is 5.32 Å². The molecule has 3 aromatic rings. The summed E-state index contributed by atoms with van der Waals surface area (Å²) in [5.41, 5.74) is 1.96. The first-order valence-electron chi connectivity index (χ1n) is 7.50. The molecule has 0 unspecified atom stereocenters. The van der Waals surface area contributed by atoms with E-state index in [9.17, 15) is 5.11 Å². The second kappa shape index (κ2) is 5.38. The molecule has 2 heterocycles. The van der Waals surface area contributed by atoms with Crippen molar-refractivity contribution < 1.29 is 5.11 Å². The van der Waals surface area contributed by atoms with Crippen LogP contribution in [0.2, 0.25) is 0 Å². The number of rotatable bonds is 3. The van der Waals surface area contributed by atoms with Gasteiger partial charge in [0, 0.05) is 12.2 Å². The number of imidazole rings is 1. The Morgan fingerprint density at radius 1 is 1.14 bits per heavy atom. The SMILES string of the molecule is O[C@H]1CC[C@H](Nc2nccc(-n3cnc4ccccc43)n2)C1. The lowest BCUT2D eigenvalue weighted by Crippen LogP contribution is -2.18. The van der Waals surface area contributed by atoms with Crippen LogP contribution in [0.3, 0.4) is 0 Å². The van der Waals surface area contributed by atoms with Crippen LogP contribution in [0, 0.1) is 0 Å². The highest BCUT2D eigenvalue weighted by Crippen LogP contribution is 2.22. The summed E-state index contributed by atoms with van der Waals surface area (Å²) in [5, 5.41) is 12.9. The Bertz CT molecular complexity index is 800. The summed E-state index contributed by atoms with van der Waals surface area (Å²) >= 11 is 0. The van der Waals surface area contributed by atoms with Gasteiger partial charge < -0.3 is 10.4 Å². The van der Waals surface area contributed by atoms with Gasteiger partial charge in [0.05, 0.1) is 17.1 Å². The van der Waals surface area contributed by atoms with E-state index in [1.165, 1.54) is 0 Å². The van der Waals surface area contributed by atoms with Crippen LogP contribution in [-0.4, -0.2) is 36.8 Å². The minimum absolute atomic E-state index is 0.210. The number of hydrogen-bond donors (Lipinski definition) is 2. The van der Waals surface area contributed by atoms with Crippen molar-refractivity contribution in [3.05, 3.63) is 42.9 Å². The summed E-state index contributed by atoms with van der Waals surface area (Å²) in [5.74, 6) is 1.37. The van der Waals surface area contributed by atoms with Crippen LogP contribution >= 0.6 is 0 Å². The maximum Gasteiger partial charge on any atom is 0.224 e. The van der Waals surface area contributed by atoms with Crippen molar-refractivity contribution in [1.29, 1.82) is 0 Å². The van der Waals surface area contributed by atoms with Gasteiger partial charge in [-0.05, 0) is 37.5 Å². The Balaban J connectivity index is 1.64. The number of anilines is 1. The third-order valence-corrected chi connectivity index (χ3v) is 4.08. The van der Waals surface area contributed by atoms with Crippen LogP contribution in [-0.2, 0) is 0 Å². The minimum atomic E-state index is -0.210. The zero-order valence-electron chi connectivity index (χ0n) is 12.1. The second-order valence-corrected chi connectivity index (χ2v) is 5.65. The molecule has 0 saturated heterocycles. The molecule has 4 rings (SSSR count). The van der Waals surface area contributed by atoms with Gasteiger partial charge in [-0.2, -0.15) is 4.98 Å². The number of aliphatic hydroxyl groups is 1. The number of aliphatic hydroxyl groups excluding tert-OH is 1. The Kier molecular flexibility index (Phi) is 3.23. The van der Waals surface area contributed by atoms with Crippen LogP contribution in [0.1, 0.15) is 19.3 Å². The van der Waals surface area contributed by atoms with Crippen LogP contribution in [0.5, 0.6) is 0 Å².